The Morgan fingerprint density at radius 3 is 2.89 bits per heavy atom. The van der Waals surface area contributed by atoms with Crippen LogP contribution in [0.1, 0.15) is 28.9 Å². The Morgan fingerprint density at radius 1 is 1.21 bits per heavy atom. The summed E-state index contributed by atoms with van der Waals surface area (Å²) in [5.74, 6) is 0.597. The summed E-state index contributed by atoms with van der Waals surface area (Å²) >= 11 is 0. The molecule has 144 valence electrons. The number of nitrogens with zero attached hydrogens (tertiary/aromatic N) is 3. The molecule has 0 radical (unpaired) electrons. The van der Waals surface area contributed by atoms with Crippen molar-refractivity contribution in [3.8, 4) is 11.3 Å². The highest BCUT2D eigenvalue weighted by molar-refractivity contribution is 5.98. The van der Waals surface area contributed by atoms with E-state index in [-0.39, 0.29) is 12.0 Å². The number of aromatic amines is 1. The Morgan fingerprint density at radius 2 is 2.07 bits per heavy atom. The molecule has 3 aromatic rings. The van der Waals surface area contributed by atoms with Crippen molar-refractivity contribution in [1.29, 1.82) is 0 Å². The van der Waals surface area contributed by atoms with Gasteiger partial charge >= 0.3 is 0 Å². The molecule has 4 rings (SSSR count). The van der Waals surface area contributed by atoms with Gasteiger partial charge in [-0.1, -0.05) is 36.4 Å². The van der Waals surface area contributed by atoms with Gasteiger partial charge in [0.1, 0.15) is 17.2 Å². The molecule has 1 saturated heterocycles. The molecule has 1 atom stereocenters. The number of aliphatic hydroxyl groups excluding tert-OH is 1. The summed E-state index contributed by atoms with van der Waals surface area (Å²) in [6, 6.07) is 13.4. The van der Waals surface area contributed by atoms with Gasteiger partial charge in [-0.15, -0.1) is 0 Å². The van der Waals surface area contributed by atoms with Crippen LogP contribution in [0.4, 0.5) is 5.82 Å². The quantitative estimate of drug-likeness (QED) is 0.635. The number of carbonyl (C=O) groups excluding carboxylic acids is 1. The van der Waals surface area contributed by atoms with Gasteiger partial charge in [-0.25, -0.2) is 9.97 Å². The van der Waals surface area contributed by atoms with Gasteiger partial charge < -0.3 is 20.3 Å². The number of hydrogen-bond acceptors (Lipinski definition) is 5. The zero-order valence-corrected chi connectivity index (χ0v) is 15.5. The molecule has 1 amide bonds. The number of hydrogen-bond donors (Lipinski definition) is 3. The van der Waals surface area contributed by atoms with Gasteiger partial charge in [0.25, 0.3) is 5.91 Å². The van der Waals surface area contributed by atoms with Crippen LogP contribution < -0.4 is 10.2 Å². The van der Waals surface area contributed by atoms with E-state index in [0.717, 1.165) is 36.3 Å². The van der Waals surface area contributed by atoms with E-state index in [0.29, 0.717) is 24.5 Å². The molecule has 1 fully saturated rings. The molecule has 0 saturated carbocycles. The van der Waals surface area contributed by atoms with Crippen molar-refractivity contribution in [3.05, 3.63) is 66.2 Å². The molecule has 3 heterocycles. The smallest absolute Gasteiger partial charge is 0.270 e. The first kappa shape index (κ1) is 18.2. The minimum Gasteiger partial charge on any atom is -0.391 e. The number of amides is 1. The molecule has 0 bridgehead atoms. The second-order valence-electron chi connectivity index (χ2n) is 6.90. The van der Waals surface area contributed by atoms with Crippen LogP contribution in [0.15, 0.2) is 55.0 Å². The first-order valence-electron chi connectivity index (χ1n) is 9.46. The fraction of sp³-hybridized carbons (Fsp3) is 0.286. The van der Waals surface area contributed by atoms with Gasteiger partial charge in [-0.2, -0.15) is 0 Å². The summed E-state index contributed by atoms with van der Waals surface area (Å²) in [6.07, 6.45) is 4.68. The third-order valence-electron chi connectivity index (χ3n) is 4.92. The van der Waals surface area contributed by atoms with Crippen molar-refractivity contribution in [1.82, 2.24) is 20.3 Å². The van der Waals surface area contributed by atoms with Crippen LogP contribution in [0, 0.1) is 0 Å². The summed E-state index contributed by atoms with van der Waals surface area (Å²) in [4.78, 5) is 26.6. The second kappa shape index (κ2) is 8.22. The number of piperidine rings is 1. The first-order chi connectivity index (χ1) is 13.7. The van der Waals surface area contributed by atoms with Gasteiger partial charge in [0, 0.05) is 37.0 Å². The minimum absolute atomic E-state index is 0.218. The van der Waals surface area contributed by atoms with E-state index < -0.39 is 0 Å². The van der Waals surface area contributed by atoms with Crippen LogP contribution in [0.3, 0.4) is 0 Å². The molecule has 2 aromatic heterocycles. The maximum Gasteiger partial charge on any atom is 0.270 e. The van der Waals surface area contributed by atoms with Gasteiger partial charge in [-0.05, 0) is 18.9 Å². The Bertz CT molecular complexity index is 941. The van der Waals surface area contributed by atoms with E-state index in [1.807, 2.05) is 42.5 Å². The van der Waals surface area contributed by atoms with E-state index in [1.54, 1.807) is 6.20 Å². The highest BCUT2D eigenvalue weighted by Gasteiger charge is 2.21. The number of H-pyrrole nitrogens is 1. The molecule has 7 heteroatoms. The number of rotatable bonds is 5. The fourth-order valence-electron chi connectivity index (χ4n) is 3.55. The van der Waals surface area contributed by atoms with Crippen molar-refractivity contribution < 1.29 is 9.90 Å². The van der Waals surface area contributed by atoms with Gasteiger partial charge in [0.15, 0.2) is 0 Å². The topological polar surface area (TPSA) is 94.1 Å². The van der Waals surface area contributed by atoms with Crippen molar-refractivity contribution in [3.63, 3.8) is 0 Å². The molecule has 1 aliphatic rings. The number of aromatic nitrogens is 3. The molecular formula is C21H23N5O2. The summed E-state index contributed by atoms with van der Waals surface area (Å²) in [5, 5.41) is 12.9. The molecule has 0 aliphatic carbocycles. The number of anilines is 1. The lowest BCUT2D eigenvalue weighted by Gasteiger charge is -2.32. The third kappa shape index (κ3) is 3.89. The van der Waals surface area contributed by atoms with E-state index in [1.165, 1.54) is 6.33 Å². The van der Waals surface area contributed by atoms with Crippen LogP contribution >= 0.6 is 0 Å². The summed E-state index contributed by atoms with van der Waals surface area (Å²) in [5.41, 5.74) is 2.87. The zero-order chi connectivity index (χ0) is 19.3. The van der Waals surface area contributed by atoms with Crippen molar-refractivity contribution in [2.24, 2.45) is 0 Å². The molecule has 1 aromatic carbocycles. The number of aliphatic hydroxyl groups is 1. The van der Waals surface area contributed by atoms with Crippen molar-refractivity contribution >= 4 is 11.7 Å². The number of carbonyl (C=O) groups is 1. The number of β-amino-alcohol motifs (C(OH)–C–C–N with tert-alkyl or cyclic N) is 1. The lowest BCUT2D eigenvalue weighted by atomic mass is 10.1. The van der Waals surface area contributed by atoms with Gasteiger partial charge in [-0.3, -0.25) is 4.79 Å². The minimum atomic E-state index is -0.336. The highest BCUT2D eigenvalue weighted by atomic mass is 16.3. The van der Waals surface area contributed by atoms with E-state index >= 15 is 0 Å². The highest BCUT2D eigenvalue weighted by Crippen LogP contribution is 2.23. The second-order valence-corrected chi connectivity index (χ2v) is 6.90. The van der Waals surface area contributed by atoms with Crippen molar-refractivity contribution in [2.75, 3.05) is 18.0 Å². The van der Waals surface area contributed by atoms with Crippen LogP contribution in [-0.4, -0.2) is 45.2 Å². The lowest BCUT2D eigenvalue weighted by molar-refractivity contribution is 0.0947. The Labute approximate surface area is 163 Å². The fourth-order valence-corrected chi connectivity index (χ4v) is 3.55. The molecule has 7 nitrogen and oxygen atoms in total. The van der Waals surface area contributed by atoms with Crippen LogP contribution in [0.25, 0.3) is 11.3 Å². The van der Waals surface area contributed by atoms with Crippen LogP contribution in [0.2, 0.25) is 0 Å². The largest absolute Gasteiger partial charge is 0.391 e. The van der Waals surface area contributed by atoms with E-state index in [2.05, 4.69) is 25.2 Å². The maximum atomic E-state index is 12.8. The third-order valence-corrected chi connectivity index (χ3v) is 4.92. The Kier molecular flexibility index (Phi) is 5.34. The van der Waals surface area contributed by atoms with Gasteiger partial charge in [0.05, 0.1) is 12.4 Å². The molecule has 0 spiro atoms. The first-order valence-corrected chi connectivity index (χ1v) is 9.46. The lowest BCUT2D eigenvalue weighted by Crippen LogP contribution is -2.39. The predicted octanol–water partition coefficient (Wildman–Crippen LogP) is 2.36. The molecule has 3 N–H and O–H groups in total. The van der Waals surface area contributed by atoms with Crippen molar-refractivity contribution in [2.45, 2.75) is 25.5 Å². The number of pyridine rings is 1. The zero-order valence-electron chi connectivity index (χ0n) is 15.5. The van der Waals surface area contributed by atoms with E-state index in [4.69, 9.17) is 0 Å². The normalized spacial score (nSPS) is 16.8. The predicted molar refractivity (Wildman–Crippen MR) is 107 cm³/mol. The molecule has 28 heavy (non-hydrogen) atoms. The number of nitrogens with one attached hydrogen (secondary N) is 2. The molecule has 0 unspecified atom stereocenters. The average Bonchev–Trinajstić information content (AvgIpc) is 3.23. The van der Waals surface area contributed by atoms with E-state index in [9.17, 15) is 9.90 Å². The Balaban J connectivity index is 1.49. The summed E-state index contributed by atoms with van der Waals surface area (Å²) in [7, 11) is 0. The average molecular weight is 377 g/mol. The summed E-state index contributed by atoms with van der Waals surface area (Å²) < 4.78 is 0. The SMILES string of the molecule is O=C(NCc1cccnc1N1CCC[C@@H](O)C1)c1[nH]cnc1-c1ccccc1. The van der Waals surface area contributed by atoms with Crippen LogP contribution in [0.5, 0.6) is 0 Å². The summed E-state index contributed by atoms with van der Waals surface area (Å²) in [6.45, 7) is 1.77. The standard InChI is InChI=1S/C21H23N5O2/c27-17-9-5-11-26(13-17)20-16(8-4-10-22-20)12-23-21(28)19-18(24-14-25-19)15-6-2-1-3-7-15/h1-4,6-8,10,14,17,27H,5,9,11-13H2,(H,23,28)(H,24,25)/t17-/m1/s1. The molecular weight excluding hydrogens is 354 g/mol. The van der Waals surface area contributed by atoms with Crippen LogP contribution in [-0.2, 0) is 6.54 Å². The van der Waals surface area contributed by atoms with Gasteiger partial charge in [0.2, 0.25) is 0 Å². The number of benzene rings is 1. The maximum absolute atomic E-state index is 12.8. The molecule has 1 aliphatic heterocycles. The Hall–Kier alpha value is -3.19. The number of imidazole rings is 1. The monoisotopic (exact) mass is 377 g/mol.